The van der Waals surface area contributed by atoms with Gasteiger partial charge in [-0.05, 0) is 31.9 Å². The van der Waals surface area contributed by atoms with Gasteiger partial charge in [-0.3, -0.25) is 4.79 Å². The number of nitrogens with one attached hydrogen (secondary N) is 1. The highest BCUT2D eigenvalue weighted by Crippen LogP contribution is 2.38. The van der Waals surface area contributed by atoms with Gasteiger partial charge in [-0.25, -0.2) is 18.7 Å². The molecule has 158 valence electrons. The molecule has 3 heterocycles. The summed E-state index contributed by atoms with van der Waals surface area (Å²) in [4.78, 5) is 21.0. The molecule has 4 rings (SSSR count). The Kier molecular flexibility index (Phi) is 5.63. The first-order valence-electron chi connectivity index (χ1n) is 9.73. The van der Waals surface area contributed by atoms with Crippen LogP contribution in [0.25, 0.3) is 5.65 Å². The minimum absolute atomic E-state index is 0.0956. The lowest BCUT2D eigenvalue weighted by Gasteiger charge is -2.32. The van der Waals surface area contributed by atoms with E-state index in [4.69, 9.17) is 9.47 Å². The maximum atomic E-state index is 12.9. The summed E-state index contributed by atoms with van der Waals surface area (Å²) < 4.78 is 38.6. The summed E-state index contributed by atoms with van der Waals surface area (Å²) in [7, 11) is 1.71. The fraction of sp³-hybridized carbons (Fsp3) is 0.381. The first kappa shape index (κ1) is 20.2. The van der Waals surface area contributed by atoms with Crippen LogP contribution in [0.4, 0.5) is 14.5 Å². The van der Waals surface area contributed by atoms with Gasteiger partial charge in [0.15, 0.2) is 0 Å². The van der Waals surface area contributed by atoms with Crippen LogP contribution in [-0.4, -0.2) is 40.1 Å². The summed E-state index contributed by atoms with van der Waals surface area (Å²) in [5, 5.41) is 2.71. The Morgan fingerprint density at radius 3 is 2.80 bits per heavy atom. The Hall–Kier alpha value is -3.07. The van der Waals surface area contributed by atoms with Crippen LogP contribution in [0.3, 0.4) is 0 Å². The number of carbonyl (C=O) groups excluding carboxylic acids is 1. The van der Waals surface area contributed by atoms with Crippen molar-refractivity contribution in [3.8, 4) is 5.75 Å². The fourth-order valence-electron chi connectivity index (χ4n) is 3.49. The molecule has 7 nitrogen and oxygen atoms in total. The molecule has 0 saturated heterocycles. The van der Waals surface area contributed by atoms with Gasteiger partial charge in [0.1, 0.15) is 28.5 Å². The summed E-state index contributed by atoms with van der Waals surface area (Å²) in [5.74, 6) is 0.189. The third-order valence-electron chi connectivity index (χ3n) is 5.19. The van der Waals surface area contributed by atoms with Gasteiger partial charge in [-0.15, -0.1) is 0 Å². The van der Waals surface area contributed by atoms with Crippen LogP contribution < -0.4 is 10.1 Å². The number of alkyl halides is 2. The predicted molar refractivity (Wildman–Crippen MR) is 106 cm³/mol. The second kappa shape index (κ2) is 8.35. The molecule has 3 aromatic rings. The van der Waals surface area contributed by atoms with Crippen molar-refractivity contribution in [2.45, 2.75) is 38.2 Å². The number of hydrogen-bond donors (Lipinski definition) is 1. The standard InChI is InChI=1S/C21H22F2N4O3/c1-3-30-18-9-19-25-16(12-7-13(8-12)29-2)10-27(19)11-17(18)26-21(28)15-6-4-5-14(24-15)20(22)23/h4-6,9-13,20H,3,7-8H2,1-2H3,(H,26,28)/t12-,13-. The Morgan fingerprint density at radius 2 is 2.10 bits per heavy atom. The number of imidazole rings is 1. The lowest BCUT2D eigenvalue weighted by Crippen LogP contribution is -2.28. The maximum absolute atomic E-state index is 12.9. The normalized spacial score (nSPS) is 18.4. The average Bonchev–Trinajstić information content (AvgIpc) is 3.09. The van der Waals surface area contributed by atoms with E-state index in [-0.39, 0.29) is 11.8 Å². The number of anilines is 1. The fourth-order valence-corrected chi connectivity index (χ4v) is 3.49. The molecule has 1 aliphatic rings. The molecular formula is C21H22F2N4O3. The number of methoxy groups -OCH3 is 1. The molecule has 0 radical (unpaired) electrons. The van der Waals surface area contributed by atoms with E-state index in [1.165, 1.54) is 18.2 Å². The highest BCUT2D eigenvalue weighted by Gasteiger charge is 2.32. The molecule has 0 aromatic carbocycles. The summed E-state index contributed by atoms with van der Waals surface area (Å²) in [6, 6.07) is 5.70. The first-order valence-corrected chi connectivity index (χ1v) is 9.73. The molecule has 1 N–H and O–H groups in total. The highest BCUT2D eigenvalue weighted by atomic mass is 19.3. The molecule has 9 heteroatoms. The molecule has 0 spiro atoms. The zero-order chi connectivity index (χ0) is 21.3. The first-order chi connectivity index (χ1) is 14.5. The van der Waals surface area contributed by atoms with Gasteiger partial charge in [0.25, 0.3) is 12.3 Å². The van der Waals surface area contributed by atoms with Crippen LogP contribution in [-0.2, 0) is 4.74 Å². The van der Waals surface area contributed by atoms with Crippen molar-refractivity contribution in [2.24, 2.45) is 0 Å². The van der Waals surface area contributed by atoms with Crippen molar-refractivity contribution in [1.29, 1.82) is 0 Å². The van der Waals surface area contributed by atoms with Crippen LogP contribution >= 0.6 is 0 Å². The number of halogens is 2. The third-order valence-corrected chi connectivity index (χ3v) is 5.19. The van der Waals surface area contributed by atoms with Crippen LogP contribution in [0.1, 0.15) is 54.0 Å². The van der Waals surface area contributed by atoms with E-state index in [1.54, 1.807) is 19.4 Å². The van der Waals surface area contributed by atoms with Crippen molar-refractivity contribution in [2.75, 3.05) is 19.0 Å². The van der Waals surface area contributed by atoms with Crippen LogP contribution in [0.15, 0.2) is 36.7 Å². The Bertz CT molecular complexity index is 1060. The number of pyridine rings is 2. The van der Waals surface area contributed by atoms with Gasteiger partial charge < -0.3 is 19.2 Å². The highest BCUT2D eigenvalue weighted by molar-refractivity contribution is 6.03. The van der Waals surface area contributed by atoms with Crippen molar-refractivity contribution in [3.63, 3.8) is 0 Å². The number of rotatable bonds is 7. The zero-order valence-electron chi connectivity index (χ0n) is 16.6. The Morgan fingerprint density at radius 1 is 1.30 bits per heavy atom. The third kappa shape index (κ3) is 3.97. The number of fused-ring (bicyclic) bond motifs is 1. The number of aromatic nitrogens is 3. The molecule has 1 aliphatic carbocycles. The second-order valence-corrected chi connectivity index (χ2v) is 7.14. The number of hydrogen-bond acceptors (Lipinski definition) is 5. The molecule has 3 aromatic heterocycles. The van der Waals surface area contributed by atoms with E-state index in [2.05, 4.69) is 15.3 Å². The molecule has 30 heavy (non-hydrogen) atoms. The number of nitrogens with zero attached hydrogens (tertiary/aromatic N) is 3. The quantitative estimate of drug-likeness (QED) is 0.624. The SMILES string of the molecule is CCOc1cc2nc([C@H]3C[C@H](OC)C3)cn2cc1NC(=O)c1cccc(C(F)F)n1. The van der Waals surface area contributed by atoms with Gasteiger partial charge in [0.2, 0.25) is 0 Å². The van der Waals surface area contributed by atoms with Crippen molar-refractivity contribution in [3.05, 3.63) is 53.7 Å². The Labute approximate surface area is 172 Å². The van der Waals surface area contributed by atoms with E-state index >= 15 is 0 Å². The molecule has 0 unspecified atom stereocenters. The minimum atomic E-state index is -2.75. The van der Waals surface area contributed by atoms with E-state index in [9.17, 15) is 13.6 Å². The summed E-state index contributed by atoms with van der Waals surface area (Å²) in [6.07, 6.45) is 3.00. The van der Waals surface area contributed by atoms with Crippen LogP contribution in [0.2, 0.25) is 0 Å². The van der Waals surface area contributed by atoms with Gasteiger partial charge in [-0.2, -0.15) is 0 Å². The predicted octanol–water partition coefficient (Wildman–Crippen LogP) is 4.21. The number of amides is 1. The lowest BCUT2D eigenvalue weighted by atomic mass is 9.80. The van der Waals surface area contributed by atoms with Crippen molar-refractivity contribution >= 4 is 17.2 Å². The molecule has 1 fully saturated rings. The molecular weight excluding hydrogens is 394 g/mol. The number of carbonyl (C=O) groups is 1. The Balaban J connectivity index is 1.61. The van der Waals surface area contributed by atoms with Crippen LogP contribution in [0, 0.1) is 0 Å². The van der Waals surface area contributed by atoms with E-state index in [0.717, 1.165) is 18.5 Å². The van der Waals surface area contributed by atoms with E-state index < -0.39 is 18.0 Å². The second-order valence-electron chi connectivity index (χ2n) is 7.14. The van der Waals surface area contributed by atoms with E-state index in [0.29, 0.717) is 29.6 Å². The van der Waals surface area contributed by atoms with Gasteiger partial charge in [-0.1, -0.05) is 6.07 Å². The summed E-state index contributed by atoms with van der Waals surface area (Å²) in [5.41, 5.74) is 1.52. The topological polar surface area (TPSA) is 77.8 Å². The van der Waals surface area contributed by atoms with Crippen LogP contribution in [0.5, 0.6) is 5.75 Å². The van der Waals surface area contributed by atoms with Gasteiger partial charge in [0, 0.05) is 31.5 Å². The lowest BCUT2D eigenvalue weighted by molar-refractivity contribution is 0.0249. The largest absolute Gasteiger partial charge is 0.491 e. The minimum Gasteiger partial charge on any atom is -0.491 e. The molecule has 0 aliphatic heterocycles. The molecule has 0 atom stereocenters. The van der Waals surface area contributed by atoms with Crippen molar-refractivity contribution in [1.82, 2.24) is 14.4 Å². The molecule has 1 amide bonds. The average molecular weight is 416 g/mol. The maximum Gasteiger partial charge on any atom is 0.280 e. The molecule has 1 saturated carbocycles. The summed E-state index contributed by atoms with van der Waals surface area (Å²) >= 11 is 0. The number of ether oxygens (including phenoxy) is 2. The van der Waals surface area contributed by atoms with Gasteiger partial charge >= 0.3 is 0 Å². The van der Waals surface area contributed by atoms with Crippen molar-refractivity contribution < 1.29 is 23.0 Å². The monoisotopic (exact) mass is 416 g/mol. The molecule has 0 bridgehead atoms. The summed E-state index contributed by atoms with van der Waals surface area (Å²) in [6.45, 7) is 2.23. The zero-order valence-corrected chi connectivity index (χ0v) is 16.6. The smallest absolute Gasteiger partial charge is 0.280 e. The van der Waals surface area contributed by atoms with Gasteiger partial charge in [0.05, 0.1) is 18.4 Å². The van der Waals surface area contributed by atoms with E-state index in [1.807, 2.05) is 17.5 Å².